The van der Waals surface area contributed by atoms with Crippen molar-refractivity contribution < 1.29 is 19.8 Å². The smallest absolute Gasteiger partial charge is 0.345 e. The summed E-state index contributed by atoms with van der Waals surface area (Å²) in [5.74, 6) is -1.41. The molecule has 1 heterocycles. The van der Waals surface area contributed by atoms with E-state index in [4.69, 9.17) is 5.11 Å². The second kappa shape index (κ2) is 5.49. The van der Waals surface area contributed by atoms with Crippen molar-refractivity contribution in [1.82, 2.24) is 5.32 Å². The van der Waals surface area contributed by atoms with E-state index in [2.05, 4.69) is 5.32 Å². The minimum absolute atomic E-state index is 0.00992. The lowest BCUT2D eigenvalue weighted by Crippen LogP contribution is -2.44. The molecular formula is C12H17NO4S. The number of amides is 1. The molecule has 18 heavy (non-hydrogen) atoms. The fourth-order valence-electron chi connectivity index (χ4n) is 1.13. The summed E-state index contributed by atoms with van der Waals surface area (Å²) in [6.45, 7) is 5.50. The van der Waals surface area contributed by atoms with Crippen LogP contribution in [0.15, 0.2) is 12.1 Å². The van der Waals surface area contributed by atoms with Crippen LogP contribution in [0.4, 0.5) is 0 Å². The molecule has 0 aliphatic heterocycles. The molecule has 3 N–H and O–H groups in total. The number of aliphatic hydroxyl groups is 1. The molecule has 1 aromatic rings. The van der Waals surface area contributed by atoms with Crippen molar-refractivity contribution in [1.29, 1.82) is 0 Å². The SMILES string of the molecule is CC(C)C(C)(O)CNC(=O)c1ccc(C(=O)O)s1. The van der Waals surface area contributed by atoms with Gasteiger partial charge in [0.05, 0.1) is 10.5 Å². The zero-order chi connectivity index (χ0) is 13.9. The highest BCUT2D eigenvalue weighted by Gasteiger charge is 2.25. The van der Waals surface area contributed by atoms with Crippen LogP contribution in [0.25, 0.3) is 0 Å². The topological polar surface area (TPSA) is 86.6 Å². The number of nitrogens with one attached hydrogen (secondary N) is 1. The van der Waals surface area contributed by atoms with E-state index in [9.17, 15) is 14.7 Å². The average molecular weight is 271 g/mol. The zero-order valence-electron chi connectivity index (χ0n) is 10.6. The number of carbonyl (C=O) groups excluding carboxylic acids is 1. The average Bonchev–Trinajstić information content (AvgIpc) is 2.75. The van der Waals surface area contributed by atoms with Gasteiger partial charge in [-0.2, -0.15) is 0 Å². The quantitative estimate of drug-likeness (QED) is 0.759. The lowest BCUT2D eigenvalue weighted by atomic mass is 9.92. The fraction of sp³-hybridized carbons (Fsp3) is 0.500. The van der Waals surface area contributed by atoms with Gasteiger partial charge in [-0.05, 0) is 25.0 Å². The van der Waals surface area contributed by atoms with Crippen molar-refractivity contribution in [2.24, 2.45) is 5.92 Å². The van der Waals surface area contributed by atoms with Crippen molar-refractivity contribution in [2.45, 2.75) is 26.4 Å². The summed E-state index contributed by atoms with van der Waals surface area (Å²) >= 11 is 0.915. The first kappa shape index (κ1) is 14.7. The molecule has 0 radical (unpaired) electrons. The summed E-state index contributed by atoms with van der Waals surface area (Å²) in [6.07, 6.45) is 0. The van der Waals surface area contributed by atoms with E-state index in [1.165, 1.54) is 12.1 Å². The molecule has 1 rings (SSSR count). The molecule has 0 aliphatic carbocycles. The molecule has 1 amide bonds. The lowest BCUT2D eigenvalue weighted by molar-refractivity contribution is 0.0143. The molecule has 0 aliphatic rings. The summed E-state index contributed by atoms with van der Waals surface area (Å²) in [7, 11) is 0. The first-order chi connectivity index (χ1) is 8.24. The largest absolute Gasteiger partial charge is 0.477 e. The highest BCUT2D eigenvalue weighted by Crippen LogP contribution is 2.18. The Balaban J connectivity index is 2.63. The molecule has 0 saturated carbocycles. The first-order valence-electron chi connectivity index (χ1n) is 5.57. The number of aromatic carboxylic acids is 1. The molecule has 0 spiro atoms. The summed E-state index contributed by atoms with van der Waals surface area (Å²) < 4.78 is 0. The summed E-state index contributed by atoms with van der Waals surface area (Å²) in [4.78, 5) is 22.9. The third kappa shape index (κ3) is 3.54. The predicted octanol–water partition coefficient (Wildman–Crippen LogP) is 1.58. The maximum Gasteiger partial charge on any atom is 0.345 e. The van der Waals surface area contributed by atoms with Crippen molar-refractivity contribution >= 4 is 23.2 Å². The molecular weight excluding hydrogens is 254 g/mol. The van der Waals surface area contributed by atoms with Crippen LogP contribution in [0, 0.1) is 5.92 Å². The Kier molecular flexibility index (Phi) is 4.48. The van der Waals surface area contributed by atoms with Crippen LogP contribution in [0.1, 0.15) is 40.1 Å². The molecule has 0 fully saturated rings. The van der Waals surface area contributed by atoms with Crippen LogP contribution >= 0.6 is 11.3 Å². The number of carboxylic acids is 1. The predicted molar refractivity (Wildman–Crippen MR) is 69.1 cm³/mol. The lowest BCUT2D eigenvalue weighted by Gasteiger charge is -2.27. The van der Waals surface area contributed by atoms with Crippen LogP contribution in [0.2, 0.25) is 0 Å². The third-order valence-electron chi connectivity index (χ3n) is 2.89. The van der Waals surface area contributed by atoms with Crippen molar-refractivity contribution in [3.63, 3.8) is 0 Å². The van der Waals surface area contributed by atoms with Gasteiger partial charge in [0, 0.05) is 6.54 Å². The van der Waals surface area contributed by atoms with Crippen molar-refractivity contribution in [3.05, 3.63) is 21.9 Å². The van der Waals surface area contributed by atoms with Crippen LogP contribution in [0.3, 0.4) is 0 Å². The van der Waals surface area contributed by atoms with E-state index < -0.39 is 11.6 Å². The van der Waals surface area contributed by atoms with E-state index in [-0.39, 0.29) is 23.2 Å². The normalized spacial score (nSPS) is 14.3. The van der Waals surface area contributed by atoms with Gasteiger partial charge >= 0.3 is 5.97 Å². The standard InChI is InChI=1S/C12H17NO4S/c1-7(2)12(3,17)6-13-10(14)8-4-5-9(18-8)11(15)16/h4-5,7,17H,6H2,1-3H3,(H,13,14)(H,15,16). The highest BCUT2D eigenvalue weighted by atomic mass is 32.1. The van der Waals surface area contributed by atoms with Gasteiger partial charge in [-0.1, -0.05) is 13.8 Å². The Hall–Kier alpha value is -1.40. The first-order valence-corrected chi connectivity index (χ1v) is 6.39. The van der Waals surface area contributed by atoms with Crippen molar-refractivity contribution in [2.75, 3.05) is 6.54 Å². The summed E-state index contributed by atoms with van der Waals surface area (Å²) in [5.41, 5.74) is -0.984. The molecule has 1 unspecified atom stereocenters. The Bertz CT molecular complexity index is 451. The van der Waals surface area contributed by atoms with Crippen LogP contribution < -0.4 is 5.32 Å². The molecule has 5 nitrogen and oxygen atoms in total. The van der Waals surface area contributed by atoms with Gasteiger partial charge in [-0.3, -0.25) is 4.79 Å². The van der Waals surface area contributed by atoms with E-state index in [0.717, 1.165) is 11.3 Å². The number of hydrogen-bond donors (Lipinski definition) is 3. The van der Waals surface area contributed by atoms with Gasteiger partial charge in [-0.25, -0.2) is 4.79 Å². The van der Waals surface area contributed by atoms with Crippen LogP contribution in [-0.2, 0) is 0 Å². The van der Waals surface area contributed by atoms with Gasteiger partial charge in [0.25, 0.3) is 5.91 Å². The molecule has 100 valence electrons. The Labute approximate surface area is 109 Å². The molecule has 6 heteroatoms. The second-order valence-corrected chi connectivity index (χ2v) is 5.75. The zero-order valence-corrected chi connectivity index (χ0v) is 11.4. The fourth-order valence-corrected chi connectivity index (χ4v) is 1.89. The van der Waals surface area contributed by atoms with Crippen LogP contribution in [-0.4, -0.2) is 34.2 Å². The van der Waals surface area contributed by atoms with Crippen molar-refractivity contribution in [3.8, 4) is 0 Å². The van der Waals surface area contributed by atoms with Gasteiger partial charge in [0.15, 0.2) is 0 Å². The summed E-state index contributed by atoms with van der Waals surface area (Å²) in [6, 6.07) is 2.86. The minimum atomic E-state index is -1.05. The molecule has 1 aromatic heterocycles. The summed E-state index contributed by atoms with van der Waals surface area (Å²) in [5, 5.41) is 21.3. The monoisotopic (exact) mass is 271 g/mol. The van der Waals surface area contributed by atoms with Gasteiger partial charge in [-0.15, -0.1) is 11.3 Å². The third-order valence-corrected chi connectivity index (χ3v) is 3.96. The molecule has 0 bridgehead atoms. The Morgan fingerprint density at radius 3 is 2.39 bits per heavy atom. The molecule has 0 saturated heterocycles. The van der Waals surface area contributed by atoms with E-state index in [0.29, 0.717) is 4.88 Å². The highest BCUT2D eigenvalue weighted by molar-refractivity contribution is 7.15. The molecule has 0 aromatic carbocycles. The van der Waals surface area contributed by atoms with Gasteiger partial charge in [0.2, 0.25) is 0 Å². The van der Waals surface area contributed by atoms with E-state index in [1.807, 2.05) is 13.8 Å². The van der Waals surface area contributed by atoms with Gasteiger partial charge in [0.1, 0.15) is 4.88 Å². The number of rotatable bonds is 5. The van der Waals surface area contributed by atoms with E-state index in [1.54, 1.807) is 6.92 Å². The maximum absolute atomic E-state index is 11.7. The number of carbonyl (C=O) groups is 2. The second-order valence-electron chi connectivity index (χ2n) is 4.66. The number of thiophene rings is 1. The van der Waals surface area contributed by atoms with Gasteiger partial charge < -0.3 is 15.5 Å². The Morgan fingerprint density at radius 2 is 1.94 bits per heavy atom. The van der Waals surface area contributed by atoms with Crippen LogP contribution in [0.5, 0.6) is 0 Å². The maximum atomic E-state index is 11.7. The minimum Gasteiger partial charge on any atom is -0.477 e. The number of carboxylic acid groups (broad SMARTS) is 1. The molecule has 1 atom stereocenters. The Morgan fingerprint density at radius 1 is 1.39 bits per heavy atom. The van der Waals surface area contributed by atoms with E-state index >= 15 is 0 Å². The number of hydrogen-bond acceptors (Lipinski definition) is 4.